The van der Waals surface area contributed by atoms with Gasteiger partial charge in [-0.05, 0) is 57.2 Å². The van der Waals surface area contributed by atoms with Crippen molar-refractivity contribution in [3.05, 3.63) is 59.7 Å². The van der Waals surface area contributed by atoms with Crippen molar-refractivity contribution in [1.82, 2.24) is 0 Å². The van der Waals surface area contributed by atoms with Gasteiger partial charge in [-0.25, -0.2) is 14.5 Å². The summed E-state index contributed by atoms with van der Waals surface area (Å²) >= 11 is 0. The molecule has 8 heteroatoms. The Kier molecular flexibility index (Phi) is 5.48. The number of alkyl halides is 3. The number of anilines is 2. The van der Waals surface area contributed by atoms with Crippen molar-refractivity contribution < 1.29 is 32.6 Å². The third kappa shape index (κ3) is 4.99. The van der Waals surface area contributed by atoms with Gasteiger partial charge in [0.15, 0.2) is 0 Å². The minimum atomic E-state index is -4.53. The van der Waals surface area contributed by atoms with Crippen LogP contribution in [0, 0.1) is 0 Å². The summed E-state index contributed by atoms with van der Waals surface area (Å²) in [7, 11) is 0. The van der Waals surface area contributed by atoms with E-state index in [1.807, 2.05) is 0 Å². The van der Waals surface area contributed by atoms with Crippen LogP contribution in [0.5, 0.6) is 0 Å². The molecule has 1 amide bonds. The maximum Gasteiger partial charge on any atom is 0.419 e. The zero-order valence-corrected chi connectivity index (χ0v) is 14.9. The van der Waals surface area contributed by atoms with Crippen molar-refractivity contribution in [2.75, 3.05) is 4.90 Å². The number of amides is 1. The third-order valence-corrected chi connectivity index (χ3v) is 3.40. The Morgan fingerprint density at radius 3 is 2.00 bits per heavy atom. The van der Waals surface area contributed by atoms with Crippen LogP contribution in [-0.4, -0.2) is 22.8 Å². The number of hydrogen-bond donors (Lipinski definition) is 1. The Morgan fingerprint density at radius 1 is 0.963 bits per heavy atom. The minimum Gasteiger partial charge on any atom is -0.478 e. The van der Waals surface area contributed by atoms with E-state index in [2.05, 4.69) is 0 Å². The highest BCUT2D eigenvalue weighted by molar-refractivity contribution is 6.04. The summed E-state index contributed by atoms with van der Waals surface area (Å²) < 4.78 is 43.7. The number of carboxylic acid groups (broad SMARTS) is 1. The molecule has 2 aromatic carbocycles. The lowest BCUT2D eigenvalue weighted by Gasteiger charge is -2.28. The fourth-order valence-corrected chi connectivity index (χ4v) is 2.30. The van der Waals surface area contributed by atoms with Crippen LogP contribution in [0.4, 0.5) is 29.3 Å². The van der Waals surface area contributed by atoms with E-state index in [1.165, 1.54) is 24.3 Å². The van der Waals surface area contributed by atoms with Gasteiger partial charge < -0.3 is 9.84 Å². The second-order valence-corrected chi connectivity index (χ2v) is 6.68. The second kappa shape index (κ2) is 7.30. The smallest absolute Gasteiger partial charge is 0.419 e. The van der Waals surface area contributed by atoms with Crippen LogP contribution in [0.3, 0.4) is 0 Å². The van der Waals surface area contributed by atoms with Crippen LogP contribution in [0.25, 0.3) is 0 Å². The highest BCUT2D eigenvalue weighted by Gasteiger charge is 2.32. The van der Waals surface area contributed by atoms with Gasteiger partial charge in [0.05, 0.1) is 22.5 Å². The van der Waals surface area contributed by atoms with Gasteiger partial charge in [0.2, 0.25) is 0 Å². The van der Waals surface area contributed by atoms with E-state index in [4.69, 9.17) is 4.74 Å². The molecule has 5 nitrogen and oxygen atoms in total. The number of aromatic carboxylic acids is 1. The highest BCUT2D eigenvalue weighted by atomic mass is 19.4. The molecule has 0 fully saturated rings. The standard InChI is InChI=1S/C19H18F3NO4/c1-18(2,3)27-17(26)23(15-7-5-4-6-14(15)16(24)25)13-10-8-12(9-11-13)19(20,21)22/h4-11H,1-3H3,(H,24,25). The summed E-state index contributed by atoms with van der Waals surface area (Å²) in [4.78, 5) is 25.2. The molecule has 0 aliphatic rings. The van der Waals surface area contributed by atoms with Gasteiger partial charge in [-0.3, -0.25) is 0 Å². The average Bonchev–Trinajstić information content (AvgIpc) is 2.53. The number of carbonyl (C=O) groups excluding carboxylic acids is 1. The van der Waals surface area contributed by atoms with Gasteiger partial charge in [0.25, 0.3) is 0 Å². The van der Waals surface area contributed by atoms with Gasteiger partial charge in [-0.2, -0.15) is 13.2 Å². The molecule has 0 saturated heterocycles. The fraction of sp³-hybridized carbons (Fsp3) is 0.263. The monoisotopic (exact) mass is 381 g/mol. The summed E-state index contributed by atoms with van der Waals surface area (Å²) in [6.07, 6.45) is -5.44. The van der Waals surface area contributed by atoms with Crippen molar-refractivity contribution >= 4 is 23.4 Å². The van der Waals surface area contributed by atoms with Crippen molar-refractivity contribution in [3.8, 4) is 0 Å². The number of carboxylic acids is 1. The zero-order chi connectivity index (χ0) is 20.4. The van der Waals surface area contributed by atoms with Gasteiger partial charge in [0.1, 0.15) is 5.60 Å². The van der Waals surface area contributed by atoms with Gasteiger partial charge in [-0.1, -0.05) is 12.1 Å². The number of carbonyl (C=O) groups is 2. The molecule has 1 N–H and O–H groups in total. The molecule has 0 unspecified atom stereocenters. The number of ether oxygens (including phenoxy) is 1. The molecule has 0 aromatic heterocycles. The van der Waals surface area contributed by atoms with Gasteiger partial charge >= 0.3 is 18.2 Å². The van der Waals surface area contributed by atoms with Crippen LogP contribution in [0.15, 0.2) is 48.5 Å². The number of nitrogens with zero attached hydrogens (tertiary/aromatic N) is 1. The first kappa shape index (κ1) is 20.3. The highest BCUT2D eigenvalue weighted by Crippen LogP contribution is 2.34. The Labute approximate surface area is 154 Å². The summed E-state index contributed by atoms with van der Waals surface area (Å²) in [6, 6.07) is 9.48. The van der Waals surface area contributed by atoms with E-state index in [1.54, 1.807) is 20.8 Å². The predicted octanol–water partition coefficient (Wildman–Crippen LogP) is 5.48. The number of halogens is 3. The Hall–Kier alpha value is -3.03. The van der Waals surface area contributed by atoms with Crippen molar-refractivity contribution in [2.24, 2.45) is 0 Å². The second-order valence-electron chi connectivity index (χ2n) is 6.68. The van der Waals surface area contributed by atoms with Crippen LogP contribution < -0.4 is 4.90 Å². The van der Waals surface area contributed by atoms with E-state index >= 15 is 0 Å². The van der Waals surface area contributed by atoms with Gasteiger partial charge in [0, 0.05) is 0 Å². The molecule has 0 spiro atoms. The molecule has 2 rings (SSSR count). The number of rotatable bonds is 3. The molecule has 0 atom stereocenters. The van der Waals surface area contributed by atoms with E-state index < -0.39 is 29.4 Å². The molecule has 144 valence electrons. The average molecular weight is 381 g/mol. The topological polar surface area (TPSA) is 66.8 Å². The molecular weight excluding hydrogens is 363 g/mol. The quantitative estimate of drug-likeness (QED) is 0.765. The summed E-state index contributed by atoms with van der Waals surface area (Å²) in [6.45, 7) is 4.87. The molecule has 0 radical (unpaired) electrons. The normalized spacial score (nSPS) is 11.8. The van der Waals surface area contributed by atoms with Crippen LogP contribution in [0.2, 0.25) is 0 Å². The van der Waals surface area contributed by atoms with E-state index in [0.717, 1.165) is 29.2 Å². The number of hydrogen-bond acceptors (Lipinski definition) is 3. The van der Waals surface area contributed by atoms with Gasteiger partial charge in [-0.15, -0.1) is 0 Å². The Bertz CT molecular complexity index is 839. The predicted molar refractivity (Wildman–Crippen MR) is 93.2 cm³/mol. The summed E-state index contributed by atoms with van der Waals surface area (Å²) in [5.41, 5.74) is -1.94. The van der Waals surface area contributed by atoms with Crippen molar-refractivity contribution in [2.45, 2.75) is 32.5 Å². The molecule has 2 aromatic rings. The molecule has 0 bridgehead atoms. The lowest BCUT2D eigenvalue weighted by Crippen LogP contribution is -2.34. The number of para-hydroxylation sites is 1. The maximum atomic E-state index is 12.8. The maximum absolute atomic E-state index is 12.8. The molecule has 27 heavy (non-hydrogen) atoms. The first-order chi connectivity index (χ1) is 12.4. The fourth-order valence-electron chi connectivity index (χ4n) is 2.30. The molecule has 0 saturated carbocycles. The van der Waals surface area contributed by atoms with Crippen LogP contribution >= 0.6 is 0 Å². The van der Waals surface area contributed by atoms with Crippen molar-refractivity contribution in [1.29, 1.82) is 0 Å². The van der Waals surface area contributed by atoms with E-state index in [-0.39, 0.29) is 16.9 Å². The zero-order valence-electron chi connectivity index (χ0n) is 14.9. The Balaban J connectivity index is 2.58. The van der Waals surface area contributed by atoms with Crippen LogP contribution in [-0.2, 0) is 10.9 Å². The van der Waals surface area contributed by atoms with Crippen molar-refractivity contribution in [3.63, 3.8) is 0 Å². The third-order valence-electron chi connectivity index (χ3n) is 3.40. The first-order valence-corrected chi connectivity index (χ1v) is 7.93. The molecular formula is C19H18F3NO4. The molecule has 0 aliphatic heterocycles. The first-order valence-electron chi connectivity index (χ1n) is 7.93. The summed E-state index contributed by atoms with van der Waals surface area (Å²) in [5.74, 6) is -1.29. The van der Waals surface area contributed by atoms with Crippen LogP contribution in [0.1, 0.15) is 36.7 Å². The Morgan fingerprint density at radius 2 is 1.52 bits per heavy atom. The summed E-state index contributed by atoms with van der Waals surface area (Å²) in [5, 5.41) is 9.40. The SMILES string of the molecule is CC(C)(C)OC(=O)N(c1ccc(C(F)(F)F)cc1)c1ccccc1C(=O)O. The lowest BCUT2D eigenvalue weighted by molar-refractivity contribution is -0.137. The lowest BCUT2D eigenvalue weighted by atomic mass is 10.1. The molecule has 0 aliphatic carbocycles. The molecule has 0 heterocycles. The van der Waals surface area contributed by atoms with E-state index in [0.29, 0.717) is 0 Å². The van der Waals surface area contributed by atoms with E-state index in [9.17, 15) is 27.9 Å². The number of benzene rings is 2. The minimum absolute atomic E-state index is 0.0148. The largest absolute Gasteiger partial charge is 0.478 e.